The highest BCUT2D eigenvalue weighted by Crippen LogP contribution is 2.07. The number of benzene rings is 1. The van der Waals surface area contributed by atoms with Crippen LogP contribution in [0.4, 0.5) is 4.39 Å². The molecule has 5 heteroatoms. The predicted octanol–water partition coefficient (Wildman–Crippen LogP) is 2.27. The summed E-state index contributed by atoms with van der Waals surface area (Å²) in [6.07, 6.45) is 0. The first kappa shape index (κ1) is 17.1. The van der Waals surface area contributed by atoms with Crippen molar-refractivity contribution >= 4 is 5.91 Å². The molecule has 1 amide bonds. The second-order valence-electron chi connectivity index (χ2n) is 5.26. The van der Waals surface area contributed by atoms with Crippen LogP contribution in [0.1, 0.15) is 19.4 Å². The van der Waals surface area contributed by atoms with Gasteiger partial charge in [0.1, 0.15) is 5.82 Å². The lowest BCUT2D eigenvalue weighted by atomic mass is 10.2. The molecule has 0 saturated carbocycles. The number of nitriles is 1. The van der Waals surface area contributed by atoms with Crippen LogP contribution in [0.25, 0.3) is 0 Å². The van der Waals surface area contributed by atoms with Gasteiger partial charge >= 0.3 is 0 Å². The Morgan fingerprint density at radius 2 is 2.19 bits per heavy atom. The van der Waals surface area contributed by atoms with E-state index in [1.54, 1.807) is 17.9 Å². The number of halogens is 1. The Bertz CT molecular complexity index is 512. The number of likely N-dealkylation sites (N-methyl/N-ethyl adjacent to an activating group) is 2. The molecule has 0 aliphatic rings. The second-order valence-corrected chi connectivity index (χ2v) is 5.26. The van der Waals surface area contributed by atoms with E-state index in [9.17, 15) is 9.18 Å². The molecule has 0 aliphatic heterocycles. The number of hydrogen-bond donors (Lipinski definition) is 0. The molecule has 1 rings (SSSR count). The van der Waals surface area contributed by atoms with Gasteiger partial charge in [0, 0.05) is 19.6 Å². The summed E-state index contributed by atoms with van der Waals surface area (Å²) in [6.45, 7) is 5.48. The Labute approximate surface area is 125 Å². The van der Waals surface area contributed by atoms with Gasteiger partial charge in [0.15, 0.2) is 0 Å². The van der Waals surface area contributed by atoms with Crippen LogP contribution in [0.3, 0.4) is 0 Å². The minimum Gasteiger partial charge on any atom is -0.341 e. The van der Waals surface area contributed by atoms with Crippen LogP contribution in [0.2, 0.25) is 0 Å². The van der Waals surface area contributed by atoms with Crippen LogP contribution in [0, 0.1) is 23.1 Å². The maximum Gasteiger partial charge on any atom is 0.236 e. The third kappa shape index (κ3) is 5.92. The summed E-state index contributed by atoms with van der Waals surface area (Å²) in [5.74, 6) is -0.466. The van der Waals surface area contributed by atoms with E-state index in [0.717, 1.165) is 5.56 Å². The van der Waals surface area contributed by atoms with Crippen LogP contribution >= 0.6 is 0 Å². The molecule has 4 nitrogen and oxygen atoms in total. The summed E-state index contributed by atoms with van der Waals surface area (Å²) < 4.78 is 13.1. The zero-order valence-electron chi connectivity index (χ0n) is 12.8. The first-order chi connectivity index (χ1) is 9.96. The van der Waals surface area contributed by atoms with Gasteiger partial charge < -0.3 is 4.90 Å². The Morgan fingerprint density at radius 1 is 1.48 bits per heavy atom. The van der Waals surface area contributed by atoms with E-state index in [-0.39, 0.29) is 24.2 Å². The van der Waals surface area contributed by atoms with Crippen molar-refractivity contribution in [3.8, 4) is 6.07 Å². The van der Waals surface area contributed by atoms with Crippen molar-refractivity contribution in [3.05, 3.63) is 35.6 Å². The number of carbonyl (C=O) groups excluding carboxylic acids is 1. The zero-order chi connectivity index (χ0) is 15.8. The van der Waals surface area contributed by atoms with Crippen LogP contribution in [0.5, 0.6) is 0 Å². The second kappa shape index (κ2) is 8.38. The first-order valence-electron chi connectivity index (χ1n) is 7.06. The minimum absolute atomic E-state index is 0.0153. The van der Waals surface area contributed by atoms with Crippen LogP contribution in [0.15, 0.2) is 24.3 Å². The number of nitrogens with zero attached hydrogens (tertiary/aromatic N) is 3. The molecule has 0 N–H and O–H groups in total. The molecule has 0 aliphatic carbocycles. The molecule has 0 aromatic heterocycles. The molecule has 0 unspecified atom stereocenters. The van der Waals surface area contributed by atoms with Crippen LogP contribution < -0.4 is 0 Å². The third-order valence-electron chi connectivity index (χ3n) is 3.20. The quantitative estimate of drug-likeness (QED) is 0.774. The van der Waals surface area contributed by atoms with E-state index in [2.05, 4.69) is 6.07 Å². The van der Waals surface area contributed by atoms with Gasteiger partial charge in [0.25, 0.3) is 0 Å². The summed E-state index contributed by atoms with van der Waals surface area (Å²) in [7, 11) is 1.82. The maximum atomic E-state index is 13.1. The summed E-state index contributed by atoms with van der Waals surface area (Å²) in [5.41, 5.74) is 0.832. The van der Waals surface area contributed by atoms with Crippen molar-refractivity contribution in [2.45, 2.75) is 20.4 Å². The molecule has 1 atom stereocenters. The van der Waals surface area contributed by atoms with Gasteiger partial charge in [-0.3, -0.25) is 9.69 Å². The maximum absolute atomic E-state index is 13.1. The number of amides is 1. The molecule has 1 aromatic carbocycles. The van der Waals surface area contributed by atoms with E-state index in [0.29, 0.717) is 19.6 Å². The lowest BCUT2D eigenvalue weighted by Crippen LogP contribution is -2.40. The topological polar surface area (TPSA) is 47.3 Å². The van der Waals surface area contributed by atoms with Crippen molar-refractivity contribution in [2.75, 3.05) is 26.7 Å². The van der Waals surface area contributed by atoms with Crippen molar-refractivity contribution in [2.24, 2.45) is 5.92 Å². The molecule has 0 radical (unpaired) electrons. The standard InChI is InChI=1S/C16H22FN3O/c1-4-20(10-13(2)9-18)16(21)12-19(3)11-14-6-5-7-15(17)8-14/h5-8,13H,4,10-12H2,1-3H3/t13-/m1/s1. The molecule has 114 valence electrons. The summed E-state index contributed by atoms with van der Waals surface area (Å²) in [6, 6.07) is 8.50. The summed E-state index contributed by atoms with van der Waals surface area (Å²) in [4.78, 5) is 15.7. The lowest BCUT2D eigenvalue weighted by Gasteiger charge is -2.25. The number of rotatable bonds is 7. The van der Waals surface area contributed by atoms with Gasteiger partial charge in [-0.1, -0.05) is 12.1 Å². The largest absolute Gasteiger partial charge is 0.341 e. The Kier molecular flexibility index (Phi) is 6.83. The minimum atomic E-state index is -0.273. The van der Waals surface area contributed by atoms with Crippen molar-refractivity contribution in [3.63, 3.8) is 0 Å². The smallest absolute Gasteiger partial charge is 0.236 e. The molecular weight excluding hydrogens is 269 g/mol. The average Bonchev–Trinajstić information content (AvgIpc) is 2.44. The highest BCUT2D eigenvalue weighted by molar-refractivity contribution is 5.78. The van der Waals surface area contributed by atoms with Crippen molar-refractivity contribution in [1.29, 1.82) is 5.26 Å². The Balaban J connectivity index is 2.54. The third-order valence-corrected chi connectivity index (χ3v) is 3.20. The SMILES string of the molecule is CCN(C[C@H](C)C#N)C(=O)CN(C)Cc1cccc(F)c1. The molecular formula is C16H22FN3O. The molecule has 0 saturated heterocycles. The lowest BCUT2D eigenvalue weighted by molar-refractivity contribution is -0.132. The predicted molar refractivity (Wildman–Crippen MR) is 79.8 cm³/mol. The molecule has 0 heterocycles. The fourth-order valence-electron chi connectivity index (χ4n) is 2.11. The summed E-state index contributed by atoms with van der Waals surface area (Å²) >= 11 is 0. The van der Waals surface area contributed by atoms with E-state index in [4.69, 9.17) is 5.26 Å². The Hall–Kier alpha value is -1.93. The normalized spacial score (nSPS) is 12.0. The summed E-state index contributed by atoms with van der Waals surface area (Å²) in [5, 5.41) is 8.83. The van der Waals surface area contributed by atoms with Crippen LogP contribution in [-0.4, -0.2) is 42.4 Å². The fourth-order valence-corrected chi connectivity index (χ4v) is 2.11. The van der Waals surface area contributed by atoms with Gasteiger partial charge in [-0.25, -0.2) is 4.39 Å². The zero-order valence-corrected chi connectivity index (χ0v) is 12.8. The molecule has 21 heavy (non-hydrogen) atoms. The van der Waals surface area contributed by atoms with Gasteiger partial charge in [-0.15, -0.1) is 0 Å². The van der Waals surface area contributed by atoms with Gasteiger partial charge in [0.2, 0.25) is 5.91 Å². The molecule has 0 spiro atoms. The highest BCUT2D eigenvalue weighted by atomic mass is 19.1. The van der Waals surface area contributed by atoms with Gasteiger partial charge in [-0.2, -0.15) is 5.26 Å². The van der Waals surface area contributed by atoms with E-state index < -0.39 is 0 Å². The van der Waals surface area contributed by atoms with Crippen LogP contribution in [-0.2, 0) is 11.3 Å². The monoisotopic (exact) mass is 291 g/mol. The molecule has 0 fully saturated rings. The number of carbonyl (C=O) groups is 1. The Morgan fingerprint density at radius 3 is 2.76 bits per heavy atom. The van der Waals surface area contributed by atoms with Gasteiger partial charge in [0.05, 0.1) is 18.5 Å². The van der Waals surface area contributed by atoms with E-state index in [1.807, 2.05) is 24.9 Å². The van der Waals surface area contributed by atoms with E-state index in [1.165, 1.54) is 12.1 Å². The number of hydrogen-bond acceptors (Lipinski definition) is 3. The first-order valence-corrected chi connectivity index (χ1v) is 7.06. The van der Waals surface area contributed by atoms with E-state index >= 15 is 0 Å². The molecule has 0 bridgehead atoms. The van der Waals surface area contributed by atoms with Crippen molar-refractivity contribution < 1.29 is 9.18 Å². The average molecular weight is 291 g/mol. The fraction of sp³-hybridized carbons (Fsp3) is 0.500. The highest BCUT2D eigenvalue weighted by Gasteiger charge is 2.16. The van der Waals surface area contributed by atoms with Gasteiger partial charge in [-0.05, 0) is 38.6 Å². The van der Waals surface area contributed by atoms with Crippen molar-refractivity contribution in [1.82, 2.24) is 9.80 Å². The molecule has 1 aromatic rings.